The maximum Gasteiger partial charge on any atom is 0.285 e. The van der Waals surface area contributed by atoms with Gasteiger partial charge in [-0.25, -0.2) is 0 Å². The highest BCUT2D eigenvalue weighted by Crippen LogP contribution is 1.97. The summed E-state index contributed by atoms with van der Waals surface area (Å²) in [7, 11) is 0. The van der Waals surface area contributed by atoms with Gasteiger partial charge in [-0.1, -0.05) is 0 Å². The average molecular weight is 147 g/mol. The van der Waals surface area contributed by atoms with E-state index in [0.717, 1.165) is 12.3 Å². The van der Waals surface area contributed by atoms with Crippen LogP contribution in [-0.4, -0.2) is 14.4 Å². The third-order valence-corrected chi connectivity index (χ3v) is 0.998. The molecule has 4 nitrogen and oxygen atoms in total. The molecule has 0 fully saturated rings. The summed E-state index contributed by atoms with van der Waals surface area (Å²) in [5.41, 5.74) is -0.545. The van der Waals surface area contributed by atoms with Gasteiger partial charge in [-0.3, -0.25) is 4.79 Å². The van der Waals surface area contributed by atoms with E-state index in [1.807, 2.05) is 0 Å². The average Bonchev–Trinajstić information content (AvgIpc) is 1.80. The van der Waals surface area contributed by atoms with Gasteiger partial charge in [0.1, 0.15) is 5.75 Å². The Morgan fingerprint density at radius 2 is 2.44 bits per heavy atom. The van der Waals surface area contributed by atoms with Crippen LogP contribution in [0.1, 0.15) is 0 Å². The van der Waals surface area contributed by atoms with Crippen LogP contribution in [0.2, 0.25) is 0 Å². The Kier molecular flexibility index (Phi) is 1.40. The summed E-state index contributed by atoms with van der Waals surface area (Å²) in [4.78, 5) is 10.4. The van der Waals surface area contributed by atoms with Crippen molar-refractivity contribution in [2.45, 2.75) is 0 Å². The highest BCUT2D eigenvalue weighted by molar-refractivity contribution is 6.14. The Labute approximate surface area is 55.4 Å². The van der Waals surface area contributed by atoms with Crippen LogP contribution in [0.15, 0.2) is 17.1 Å². The van der Waals surface area contributed by atoms with Gasteiger partial charge < -0.3 is 5.11 Å². The van der Waals surface area contributed by atoms with Crippen molar-refractivity contribution in [1.82, 2.24) is 9.30 Å². The van der Waals surface area contributed by atoms with Crippen LogP contribution < -0.4 is 5.56 Å². The van der Waals surface area contributed by atoms with Crippen molar-refractivity contribution < 1.29 is 5.11 Å². The minimum Gasteiger partial charge on any atom is -0.506 e. The molecule has 0 radical (unpaired) electrons. The smallest absolute Gasteiger partial charge is 0.285 e. The molecule has 48 valence electrons. The fourth-order valence-corrected chi connectivity index (χ4v) is 0.476. The number of nitrogens with zero attached hydrogens (tertiary/aromatic N) is 2. The normalized spacial score (nSPS) is 9.44. The molecule has 0 bridgehead atoms. The molecule has 1 heterocycles. The van der Waals surface area contributed by atoms with Crippen molar-refractivity contribution in [3.63, 3.8) is 0 Å². The van der Waals surface area contributed by atoms with E-state index in [4.69, 9.17) is 16.9 Å². The van der Waals surface area contributed by atoms with E-state index in [2.05, 4.69) is 5.10 Å². The fraction of sp³-hybridized carbons (Fsp3) is 0. The molecule has 0 unspecified atom stereocenters. The van der Waals surface area contributed by atoms with Crippen LogP contribution in [0.25, 0.3) is 0 Å². The van der Waals surface area contributed by atoms with Gasteiger partial charge >= 0.3 is 0 Å². The van der Waals surface area contributed by atoms with E-state index in [0.29, 0.717) is 4.20 Å². The van der Waals surface area contributed by atoms with Crippen molar-refractivity contribution in [3.05, 3.63) is 22.6 Å². The lowest BCUT2D eigenvalue weighted by Gasteiger charge is -1.89. The van der Waals surface area contributed by atoms with E-state index in [1.165, 1.54) is 0 Å². The third-order valence-electron chi connectivity index (χ3n) is 0.745. The van der Waals surface area contributed by atoms with Crippen LogP contribution in [0, 0.1) is 0 Å². The van der Waals surface area contributed by atoms with Gasteiger partial charge in [0, 0.05) is 17.8 Å². The maximum absolute atomic E-state index is 10.4. The molecular weight excluding hydrogens is 144 g/mol. The topological polar surface area (TPSA) is 55.1 Å². The molecule has 0 aliphatic rings. The van der Waals surface area contributed by atoms with Gasteiger partial charge in [0.15, 0.2) is 0 Å². The number of rotatable bonds is 0. The molecule has 0 atom stereocenters. The SMILES string of the molecule is O=c1cc(O)cnn1Cl. The second-order valence-electron chi connectivity index (χ2n) is 1.41. The predicted octanol–water partition coefficient (Wildman–Crippen LogP) is -0.0492. The molecule has 0 spiro atoms. The second kappa shape index (κ2) is 2.06. The fourth-order valence-electron chi connectivity index (χ4n) is 0.384. The number of hydrogen-bond acceptors (Lipinski definition) is 3. The molecule has 0 aromatic carbocycles. The standard InChI is InChI=1S/C4H3ClN2O2/c5-7-4(9)1-3(8)2-6-7/h1-2,8H. The largest absolute Gasteiger partial charge is 0.506 e. The highest BCUT2D eigenvalue weighted by atomic mass is 35.5. The first-order chi connectivity index (χ1) is 4.20. The number of aromatic hydroxyl groups is 1. The summed E-state index contributed by atoms with van der Waals surface area (Å²) in [6.45, 7) is 0. The lowest BCUT2D eigenvalue weighted by atomic mass is 10.5. The zero-order valence-electron chi connectivity index (χ0n) is 4.28. The van der Waals surface area contributed by atoms with Crippen LogP contribution in [0.3, 0.4) is 0 Å². The van der Waals surface area contributed by atoms with Crippen molar-refractivity contribution in [2.75, 3.05) is 0 Å². The Balaban J connectivity index is 3.34. The molecule has 0 amide bonds. The minimum absolute atomic E-state index is 0.183. The van der Waals surface area contributed by atoms with Gasteiger partial charge in [0.05, 0.1) is 6.20 Å². The Hall–Kier alpha value is -1.03. The molecule has 0 aliphatic carbocycles. The van der Waals surface area contributed by atoms with E-state index in [9.17, 15) is 4.79 Å². The molecular formula is C4H3ClN2O2. The van der Waals surface area contributed by atoms with Crippen LogP contribution in [0.5, 0.6) is 5.75 Å². The van der Waals surface area contributed by atoms with Gasteiger partial charge in [0.2, 0.25) is 0 Å². The van der Waals surface area contributed by atoms with Crippen molar-refractivity contribution in [1.29, 1.82) is 0 Å². The van der Waals surface area contributed by atoms with Crippen LogP contribution in [0.4, 0.5) is 0 Å². The zero-order valence-corrected chi connectivity index (χ0v) is 5.04. The van der Waals surface area contributed by atoms with E-state index in [1.54, 1.807) is 0 Å². The first-order valence-corrected chi connectivity index (χ1v) is 2.48. The van der Waals surface area contributed by atoms with Crippen LogP contribution in [-0.2, 0) is 0 Å². The number of halogens is 1. The minimum atomic E-state index is -0.545. The van der Waals surface area contributed by atoms with Crippen LogP contribution >= 0.6 is 11.8 Å². The second-order valence-corrected chi connectivity index (χ2v) is 1.73. The molecule has 5 heteroatoms. The van der Waals surface area contributed by atoms with E-state index >= 15 is 0 Å². The summed E-state index contributed by atoms with van der Waals surface area (Å²) >= 11 is 5.16. The monoisotopic (exact) mass is 146 g/mol. The molecule has 0 saturated carbocycles. The quantitative estimate of drug-likeness (QED) is 0.559. The van der Waals surface area contributed by atoms with Gasteiger partial charge in [-0.15, -0.1) is 4.20 Å². The Morgan fingerprint density at radius 1 is 1.78 bits per heavy atom. The van der Waals surface area contributed by atoms with Gasteiger partial charge in [-0.2, -0.15) is 5.10 Å². The molecule has 9 heavy (non-hydrogen) atoms. The third kappa shape index (κ3) is 1.20. The molecule has 1 N–H and O–H groups in total. The summed E-state index contributed by atoms with van der Waals surface area (Å²) in [6.07, 6.45) is 1.08. The number of hydrogen-bond donors (Lipinski definition) is 1. The highest BCUT2D eigenvalue weighted by Gasteiger charge is 1.92. The first-order valence-electron chi connectivity index (χ1n) is 2.14. The first kappa shape index (κ1) is 6.10. The predicted molar refractivity (Wildman–Crippen MR) is 31.4 cm³/mol. The Morgan fingerprint density at radius 3 is 2.89 bits per heavy atom. The van der Waals surface area contributed by atoms with E-state index < -0.39 is 5.56 Å². The summed E-state index contributed by atoms with van der Waals surface area (Å²) < 4.78 is 0.611. The van der Waals surface area contributed by atoms with Crippen molar-refractivity contribution in [3.8, 4) is 5.75 Å². The van der Waals surface area contributed by atoms with E-state index in [-0.39, 0.29) is 5.75 Å². The lowest BCUT2D eigenvalue weighted by Crippen LogP contribution is -2.12. The van der Waals surface area contributed by atoms with Gasteiger partial charge in [-0.05, 0) is 0 Å². The van der Waals surface area contributed by atoms with Crippen molar-refractivity contribution in [2.24, 2.45) is 0 Å². The summed E-state index contributed by atoms with van der Waals surface area (Å²) in [6, 6.07) is 0.972. The molecule has 1 rings (SSSR count). The summed E-state index contributed by atoms with van der Waals surface area (Å²) in [5.74, 6) is -0.183. The molecule has 0 aliphatic heterocycles. The molecule has 1 aromatic heterocycles. The maximum atomic E-state index is 10.4. The lowest BCUT2D eigenvalue weighted by molar-refractivity contribution is 0.468. The number of aromatic nitrogens is 2. The van der Waals surface area contributed by atoms with Gasteiger partial charge in [0.25, 0.3) is 5.56 Å². The summed E-state index contributed by atoms with van der Waals surface area (Å²) in [5, 5.41) is 11.9. The molecule has 0 saturated heterocycles. The molecule has 1 aromatic rings. The zero-order chi connectivity index (χ0) is 6.85. The Bertz CT molecular complexity index is 270. The van der Waals surface area contributed by atoms with Crippen molar-refractivity contribution >= 4 is 11.8 Å².